The normalized spacial score (nSPS) is 12.7. The van der Waals surface area contributed by atoms with Crippen LogP contribution in [0.4, 0.5) is 13.2 Å². The van der Waals surface area contributed by atoms with Gasteiger partial charge in [-0.15, -0.1) is 0 Å². The zero-order valence-electron chi connectivity index (χ0n) is 15.6. The second kappa shape index (κ2) is 8.81. The van der Waals surface area contributed by atoms with Gasteiger partial charge in [-0.1, -0.05) is 6.92 Å². The van der Waals surface area contributed by atoms with Crippen molar-refractivity contribution in [1.82, 2.24) is 30.2 Å². The molecule has 0 aliphatic heterocycles. The monoisotopic (exact) mass is 398 g/mol. The molecule has 1 atom stereocenters. The lowest BCUT2D eigenvalue weighted by molar-refractivity contribution is -0.145. The number of rotatable bonds is 7. The van der Waals surface area contributed by atoms with Crippen LogP contribution in [0, 0.1) is 5.92 Å². The molecular formula is C17H21F3N6O2. The minimum absolute atomic E-state index is 0.0801. The number of imidazole rings is 1. The third kappa shape index (κ3) is 5.76. The van der Waals surface area contributed by atoms with E-state index in [1.54, 1.807) is 19.4 Å². The van der Waals surface area contributed by atoms with Crippen LogP contribution in [0.3, 0.4) is 0 Å². The van der Waals surface area contributed by atoms with Gasteiger partial charge in [-0.25, -0.2) is 15.0 Å². The van der Waals surface area contributed by atoms with Gasteiger partial charge in [0.05, 0.1) is 11.9 Å². The first-order valence-electron chi connectivity index (χ1n) is 8.57. The molecule has 152 valence electrons. The van der Waals surface area contributed by atoms with Gasteiger partial charge in [0, 0.05) is 37.7 Å². The number of hydrogen-bond acceptors (Lipinski definition) is 5. The SMILES string of the molecule is CC(CNC(=O)c1cnc(C(F)(F)F)nc1)CNC(=O)c1cn(C(C)C)cn1. The van der Waals surface area contributed by atoms with Gasteiger partial charge in [-0.05, 0) is 19.8 Å². The van der Waals surface area contributed by atoms with Gasteiger partial charge in [0.2, 0.25) is 5.82 Å². The Kier molecular flexibility index (Phi) is 6.71. The fourth-order valence-corrected chi connectivity index (χ4v) is 2.13. The van der Waals surface area contributed by atoms with E-state index in [-0.39, 0.29) is 36.5 Å². The fraction of sp³-hybridized carbons (Fsp3) is 0.471. The summed E-state index contributed by atoms with van der Waals surface area (Å²) in [5.41, 5.74) is 0.218. The van der Waals surface area contributed by atoms with Gasteiger partial charge < -0.3 is 15.2 Å². The molecule has 0 aliphatic rings. The van der Waals surface area contributed by atoms with E-state index >= 15 is 0 Å². The second-order valence-corrected chi connectivity index (χ2v) is 6.62. The largest absolute Gasteiger partial charge is 0.451 e. The zero-order chi connectivity index (χ0) is 20.9. The molecule has 0 fully saturated rings. The van der Waals surface area contributed by atoms with Gasteiger partial charge in [0.25, 0.3) is 11.8 Å². The molecule has 2 N–H and O–H groups in total. The number of hydrogen-bond donors (Lipinski definition) is 2. The highest BCUT2D eigenvalue weighted by Gasteiger charge is 2.34. The quantitative estimate of drug-likeness (QED) is 0.744. The first-order valence-corrected chi connectivity index (χ1v) is 8.57. The Balaban J connectivity index is 1.79. The summed E-state index contributed by atoms with van der Waals surface area (Å²) >= 11 is 0. The number of carbonyl (C=O) groups is 2. The van der Waals surface area contributed by atoms with Crippen LogP contribution in [-0.2, 0) is 6.18 Å². The van der Waals surface area contributed by atoms with Crippen LogP contribution in [-0.4, -0.2) is 44.4 Å². The molecular weight excluding hydrogens is 377 g/mol. The highest BCUT2D eigenvalue weighted by atomic mass is 19.4. The summed E-state index contributed by atoms with van der Waals surface area (Å²) in [6.07, 6.45) is 0.213. The van der Waals surface area contributed by atoms with Crippen LogP contribution in [0.5, 0.6) is 0 Å². The Morgan fingerprint density at radius 3 is 2.11 bits per heavy atom. The summed E-state index contributed by atoms with van der Waals surface area (Å²) < 4.78 is 39.1. The molecule has 2 aromatic rings. The highest BCUT2D eigenvalue weighted by Crippen LogP contribution is 2.25. The Morgan fingerprint density at radius 2 is 1.61 bits per heavy atom. The molecule has 28 heavy (non-hydrogen) atoms. The number of nitrogens with zero attached hydrogens (tertiary/aromatic N) is 4. The first-order chi connectivity index (χ1) is 13.1. The summed E-state index contributed by atoms with van der Waals surface area (Å²) in [5.74, 6) is -2.34. The lowest BCUT2D eigenvalue weighted by Crippen LogP contribution is -2.35. The predicted molar refractivity (Wildman–Crippen MR) is 93.5 cm³/mol. The second-order valence-electron chi connectivity index (χ2n) is 6.62. The molecule has 0 aliphatic carbocycles. The maximum Gasteiger partial charge on any atom is 0.451 e. The number of carbonyl (C=O) groups excluding carboxylic acids is 2. The van der Waals surface area contributed by atoms with Crippen molar-refractivity contribution in [2.45, 2.75) is 33.0 Å². The van der Waals surface area contributed by atoms with Gasteiger partial charge in [-0.2, -0.15) is 13.2 Å². The molecule has 0 radical (unpaired) electrons. The molecule has 2 aromatic heterocycles. The third-order valence-electron chi connectivity index (χ3n) is 3.82. The van der Waals surface area contributed by atoms with Crippen molar-refractivity contribution >= 4 is 11.8 Å². The van der Waals surface area contributed by atoms with Crippen molar-refractivity contribution < 1.29 is 22.8 Å². The molecule has 0 spiro atoms. The summed E-state index contributed by atoms with van der Waals surface area (Å²) in [6.45, 7) is 6.24. The molecule has 0 aromatic carbocycles. The van der Waals surface area contributed by atoms with Crippen LogP contribution in [0.2, 0.25) is 0 Å². The summed E-state index contributed by atoms with van der Waals surface area (Å²) in [7, 11) is 0. The lowest BCUT2D eigenvalue weighted by atomic mass is 10.1. The summed E-state index contributed by atoms with van der Waals surface area (Å²) in [5, 5.41) is 5.29. The summed E-state index contributed by atoms with van der Waals surface area (Å²) in [4.78, 5) is 34.4. The maximum atomic E-state index is 12.4. The van der Waals surface area contributed by atoms with Gasteiger partial charge in [0.1, 0.15) is 5.69 Å². The minimum atomic E-state index is -4.66. The van der Waals surface area contributed by atoms with Crippen LogP contribution < -0.4 is 10.6 Å². The van der Waals surface area contributed by atoms with E-state index in [0.717, 1.165) is 12.4 Å². The summed E-state index contributed by atoms with van der Waals surface area (Å²) in [6, 6.07) is 0.192. The standard InChI is InChI=1S/C17H21F3N6O2/c1-10(2)26-8-13(25-9-26)15(28)22-5-11(3)4-21-14(27)12-6-23-16(24-7-12)17(18,19)20/h6-11H,4-5H2,1-3H3,(H,21,27)(H,22,28). The smallest absolute Gasteiger partial charge is 0.352 e. The van der Waals surface area contributed by atoms with E-state index in [4.69, 9.17) is 0 Å². The van der Waals surface area contributed by atoms with Crippen molar-refractivity contribution in [2.75, 3.05) is 13.1 Å². The van der Waals surface area contributed by atoms with Crippen LogP contribution in [0.15, 0.2) is 24.9 Å². The van der Waals surface area contributed by atoms with Crippen LogP contribution in [0.25, 0.3) is 0 Å². The topological polar surface area (TPSA) is 102 Å². The average Bonchev–Trinajstić information content (AvgIpc) is 3.14. The molecule has 2 heterocycles. The zero-order valence-corrected chi connectivity index (χ0v) is 15.6. The van der Waals surface area contributed by atoms with Gasteiger partial charge in [-0.3, -0.25) is 9.59 Å². The molecule has 11 heteroatoms. The van der Waals surface area contributed by atoms with Crippen LogP contribution in [0.1, 0.15) is 53.5 Å². The fourth-order valence-electron chi connectivity index (χ4n) is 2.13. The predicted octanol–water partition coefficient (Wildman–Crippen LogP) is 2.07. The molecule has 8 nitrogen and oxygen atoms in total. The van der Waals surface area contributed by atoms with E-state index in [9.17, 15) is 22.8 Å². The Labute approximate surface area is 159 Å². The molecule has 2 amide bonds. The number of amides is 2. The van der Waals surface area contributed by atoms with Gasteiger partial charge >= 0.3 is 6.18 Å². The van der Waals surface area contributed by atoms with Crippen molar-refractivity contribution in [3.8, 4) is 0 Å². The molecule has 0 bridgehead atoms. The van der Waals surface area contributed by atoms with E-state index in [2.05, 4.69) is 25.6 Å². The van der Waals surface area contributed by atoms with E-state index in [1.165, 1.54) is 0 Å². The van der Waals surface area contributed by atoms with E-state index in [1.807, 2.05) is 18.4 Å². The van der Waals surface area contributed by atoms with Crippen LogP contribution >= 0.6 is 0 Å². The number of aromatic nitrogens is 4. The number of halogens is 3. The van der Waals surface area contributed by atoms with Crippen molar-refractivity contribution in [1.29, 1.82) is 0 Å². The van der Waals surface area contributed by atoms with E-state index < -0.39 is 17.9 Å². The molecule has 0 saturated carbocycles. The highest BCUT2D eigenvalue weighted by molar-refractivity contribution is 5.93. The van der Waals surface area contributed by atoms with Crippen molar-refractivity contribution in [3.63, 3.8) is 0 Å². The maximum absolute atomic E-state index is 12.4. The van der Waals surface area contributed by atoms with E-state index in [0.29, 0.717) is 5.69 Å². The number of alkyl halides is 3. The Morgan fingerprint density at radius 1 is 1.04 bits per heavy atom. The first kappa shape index (κ1) is 21.3. The molecule has 2 rings (SSSR count). The van der Waals surface area contributed by atoms with Crippen molar-refractivity contribution in [3.05, 3.63) is 42.0 Å². The molecule has 0 saturated heterocycles. The van der Waals surface area contributed by atoms with Crippen molar-refractivity contribution in [2.24, 2.45) is 5.92 Å². The lowest BCUT2D eigenvalue weighted by Gasteiger charge is -2.13. The number of nitrogens with one attached hydrogen (secondary N) is 2. The molecule has 1 unspecified atom stereocenters. The third-order valence-corrected chi connectivity index (χ3v) is 3.82. The average molecular weight is 398 g/mol. The van der Waals surface area contributed by atoms with Gasteiger partial charge in [0.15, 0.2) is 0 Å². The minimum Gasteiger partial charge on any atom is -0.352 e. The Bertz CT molecular complexity index is 817. The Hall–Kier alpha value is -2.98.